The molecule has 1 heterocycles. The molecule has 0 aliphatic heterocycles. The number of halogens is 1. The van der Waals surface area contributed by atoms with Crippen LogP contribution in [0.25, 0.3) is 10.9 Å². The van der Waals surface area contributed by atoms with Crippen LogP contribution in [0.15, 0.2) is 18.2 Å². The molecule has 6 nitrogen and oxygen atoms in total. The molecule has 0 aliphatic rings. The van der Waals surface area contributed by atoms with Gasteiger partial charge in [0.05, 0.1) is 11.2 Å². The second-order valence-corrected chi connectivity index (χ2v) is 5.17. The molecule has 90 valence electrons. The number of aromatic nitrogens is 2. The Hall–Kier alpha value is -1.44. The van der Waals surface area contributed by atoms with Gasteiger partial charge in [-0.1, -0.05) is 11.6 Å². The molecule has 0 amide bonds. The molecule has 0 radical (unpaired) electrons. The van der Waals surface area contributed by atoms with Crippen LogP contribution in [0, 0.1) is 6.92 Å². The van der Waals surface area contributed by atoms with Crippen LogP contribution in [-0.2, 0) is 10.2 Å². The zero-order chi connectivity index (χ0) is 12.6. The van der Waals surface area contributed by atoms with E-state index >= 15 is 0 Å². The number of nitrogens with two attached hydrogens (primary N) is 1. The largest absolute Gasteiger partial charge is 0.298 e. The molecule has 0 atom stereocenters. The molecule has 2 aromatic rings. The lowest BCUT2D eigenvalue weighted by Gasteiger charge is -2.06. The average molecular weight is 273 g/mol. The first-order valence-electron chi connectivity index (χ1n) is 4.59. The topological polar surface area (TPSA) is 98.0 Å². The van der Waals surface area contributed by atoms with Crippen LogP contribution in [-0.4, -0.2) is 18.4 Å². The fraction of sp³-hybridized carbons (Fsp3) is 0.111. The van der Waals surface area contributed by atoms with Gasteiger partial charge in [-0.05, 0) is 25.1 Å². The van der Waals surface area contributed by atoms with Gasteiger partial charge in [-0.25, -0.2) is 19.8 Å². The van der Waals surface area contributed by atoms with Gasteiger partial charge in [0.15, 0.2) is 0 Å². The van der Waals surface area contributed by atoms with E-state index in [0.29, 0.717) is 16.2 Å². The van der Waals surface area contributed by atoms with E-state index in [2.05, 4.69) is 9.97 Å². The number of hydrogen-bond acceptors (Lipinski definition) is 4. The molecule has 3 N–H and O–H groups in total. The van der Waals surface area contributed by atoms with Crippen molar-refractivity contribution in [1.82, 2.24) is 9.97 Å². The Bertz CT molecular complexity index is 687. The number of anilines is 1. The third-order valence-corrected chi connectivity index (χ3v) is 2.79. The number of benzene rings is 1. The zero-order valence-corrected chi connectivity index (χ0v) is 10.4. The molecule has 0 saturated heterocycles. The van der Waals surface area contributed by atoms with Crippen molar-refractivity contribution in [1.29, 1.82) is 0 Å². The van der Waals surface area contributed by atoms with Crippen LogP contribution in [0.4, 0.5) is 5.95 Å². The molecule has 2 rings (SSSR count). The first-order valence-corrected chi connectivity index (χ1v) is 6.52. The second kappa shape index (κ2) is 4.10. The normalized spacial score (nSPS) is 11.7. The van der Waals surface area contributed by atoms with Gasteiger partial charge >= 0.3 is 0 Å². The summed E-state index contributed by atoms with van der Waals surface area (Å²) >= 11 is 5.83. The maximum atomic E-state index is 10.9. The van der Waals surface area contributed by atoms with Crippen LogP contribution in [0.5, 0.6) is 0 Å². The summed E-state index contributed by atoms with van der Waals surface area (Å²) in [6.45, 7) is 1.74. The number of aryl methyl sites for hydroxylation is 1. The van der Waals surface area contributed by atoms with Crippen LogP contribution in [0.2, 0.25) is 5.02 Å². The van der Waals surface area contributed by atoms with E-state index in [-0.39, 0.29) is 5.95 Å². The minimum Gasteiger partial charge on any atom is -0.239 e. The third-order valence-electron chi connectivity index (χ3n) is 2.08. The molecule has 1 aromatic carbocycles. The molecular weight excluding hydrogens is 264 g/mol. The summed E-state index contributed by atoms with van der Waals surface area (Å²) in [6, 6.07) is 5.11. The lowest BCUT2D eigenvalue weighted by atomic mass is 10.2. The summed E-state index contributed by atoms with van der Waals surface area (Å²) in [5.41, 5.74) is 1.19. The summed E-state index contributed by atoms with van der Waals surface area (Å²) in [5.74, 6) is -0.0697. The van der Waals surface area contributed by atoms with Crippen molar-refractivity contribution in [2.45, 2.75) is 6.92 Å². The Morgan fingerprint density at radius 3 is 2.71 bits per heavy atom. The van der Waals surface area contributed by atoms with Crippen molar-refractivity contribution in [3.8, 4) is 0 Å². The van der Waals surface area contributed by atoms with E-state index in [1.165, 1.54) is 0 Å². The van der Waals surface area contributed by atoms with E-state index in [9.17, 15) is 8.42 Å². The first kappa shape index (κ1) is 12.0. The van der Waals surface area contributed by atoms with Crippen molar-refractivity contribution in [2.75, 3.05) is 4.72 Å². The molecule has 0 fully saturated rings. The summed E-state index contributed by atoms with van der Waals surface area (Å²) in [5, 5.41) is 6.16. The molecule has 8 heteroatoms. The Morgan fingerprint density at radius 1 is 1.35 bits per heavy atom. The fourth-order valence-electron chi connectivity index (χ4n) is 1.43. The van der Waals surface area contributed by atoms with Gasteiger partial charge in [0, 0.05) is 10.4 Å². The van der Waals surface area contributed by atoms with E-state index in [1.807, 2.05) is 4.72 Å². The number of rotatable bonds is 2. The highest BCUT2D eigenvalue weighted by molar-refractivity contribution is 7.90. The second-order valence-electron chi connectivity index (χ2n) is 3.44. The van der Waals surface area contributed by atoms with Gasteiger partial charge in [-0.3, -0.25) is 0 Å². The molecule has 0 unspecified atom stereocenters. The van der Waals surface area contributed by atoms with Crippen LogP contribution in [0.1, 0.15) is 5.69 Å². The van der Waals surface area contributed by atoms with Crippen molar-refractivity contribution >= 4 is 38.7 Å². The van der Waals surface area contributed by atoms with Gasteiger partial charge in [0.2, 0.25) is 5.95 Å². The number of nitrogens with one attached hydrogen (secondary N) is 1. The highest BCUT2D eigenvalue weighted by Crippen LogP contribution is 2.21. The highest BCUT2D eigenvalue weighted by atomic mass is 35.5. The Kier molecular flexibility index (Phi) is 2.90. The minimum absolute atomic E-state index is 0.0697. The SMILES string of the molecule is Cc1nc(NS(N)(=O)=O)nc2cc(Cl)ccc12. The molecule has 1 aromatic heterocycles. The monoisotopic (exact) mass is 272 g/mol. The standard InChI is InChI=1S/C9H9ClN4O2S/c1-5-7-3-2-6(10)4-8(7)13-9(12-5)14-17(11,15)16/h2-4H,1H3,(H2,11,15,16)(H,12,13,14). The Balaban J connectivity index is 2.61. The summed E-state index contributed by atoms with van der Waals surface area (Å²) < 4.78 is 23.8. The zero-order valence-electron chi connectivity index (χ0n) is 8.81. The minimum atomic E-state index is -3.88. The predicted octanol–water partition coefficient (Wildman–Crippen LogP) is 1.21. The molecule has 0 saturated carbocycles. The molecule has 0 spiro atoms. The number of fused-ring (bicyclic) bond motifs is 1. The van der Waals surface area contributed by atoms with E-state index in [4.69, 9.17) is 16.7 Å². The van der Waals surface area contributed by atoms with Crippen LogP contribution >= 0.6 is 11.6 Å². The van der Waals surface area contributed by atoms with Gasteiger partial charge in [-0.15, -0.1) is 0 Å². The Labute approximate surface area is 103 Å². The first-order chi connectivity index (χ1) is 7.85. The third kappa shape index (κ3) is 2.82. The maximum Gasteiger partial charge on any atom is 0.298 e. The maximum absolute atomic E-state index is 10.9. The van der Waals surface area contributed by atoms with Crippen LogP contribution in [0.3, 0.4) is 0 Å². The van der Waals surface area contributed by atoms with Gasteiger partial charge in [0.1, 0.15) is 0 Å². The Morgan fingerprint density at radius 2 is 2.06 bits per heavy atom. The lowest BCUT2D eigenvalue weighted by Crippen LogP contribution is -2.23. The fourth-order valence-corrected chi connectivity index (χ4v) is 1.95. The number of nitrogens with zero attached hydrogens (tertiary/aromatic N) is 2. The lowest BCUT2D eigenvalue weighted by molar-refractivity contribution is 0.602. The smallest absolute Gasteiger partial charge is 0.239 e. The van der Waals surface area contributed by atoms with Gasteiger partial charge < -0.3 is 0 Å². The summed E-state index contributed by atoms with van der Waals surface area (Å²) in [7, 11) is -3.88. The van der Waals surface area contributed by atoms with Crippen molar-refractivity contribution in [2.24, 2.45) is 5.14 Å². The average Bonchev–Trinajstić information content (AvgIpc) is 2.13. The molecule has 0 aliphatic carbocycles. The summed E-state index contributed by atoms with van der Waals surface area (Å²) in [4.78, 5) is 8.01. The van der Waals surface area contributed by atoms with Crippen molar-refractivity contribution in [3.63, 3.8) is 0 Å². The molecule has 0 bridgehead atoms. The van der Waals surface area contributed by atoms with E-state index < -0.39 is 10.2 Å². The van der Waals surface area contributed by atoms with Crippen molar-refractivity contribution < 1.29 is 8.42 Å². The van der Waals surface area contributed by atoms with Crippen molar-refractivity contribution in [3.05, 3.63) is 28.9 Å². The van der Waals surface area contributed by atoms with E-state index in [0.717, 1.165) is 5.39 Å². The molecular formula is C9H9ClN4O2S. The van der Waals surface area contributed by atoms with E-state index in [1.54, 1.807) is 25.1 Å². The van der Waals surface area contributed by atoms with Gasteiger partial charge in [-0.2, -0.15) is 8.42 Å². The van der Waals surface area contributed by atoms with Gasteiger partial charge in [0.25, 0.3) is 10.2 Å². The van der Waals surface area contributed by atoms with Crippen LogP contribution < -0.4 is 9.86 Å². The number of hydrogen-bond donors (Lipinski definition) is 2. The quantitative estimate of drug-likeness (QED) is 0.858. The highest BCUT2D eigenvalue weighted by Gasteiger charge is 2.08. The summed E-state index contributed by atoms with van der Waals surface area (Å²) in [6.07, 6.45) is 0. The predicted molar refractivity (Wildman–Crippen MR) is 66.0 cm³/mol. The molecule has 17 heavy (non-hydrogen) atoms.